The third-order valence-corrected chi connectivity index (χ3v) is 4.26. The zero-order valence-electron chi connectivity index (χ0n) is 12.3. The van der Waals surface area contributed by atoms with E-state index in [4.69, 9.17) is 16.3 Å². The van der Waals surface area contributed by atoms with Gasteiger partial charge >= 0.3 is 0 Å². The lowest BCUT2D eigenvalue weighted by Crippen LogP contribution is -2.87. The first-order chi connectivity index (χ1) is 10.6. The van der Waals surface area contributed by atoms with Gasteiger partial charge in [-0.1, -0.05) is 18.5 Å². The number of carbonyl (C=O) groups is 1. The normalized spacial score (nSPS) is 22.3. The molecular weight excluding hydrogens is 309 g/mol. The minimum Gasteiger partial charge on any atom is -0.378 e. The number of ether oxygens (including phenoxy) is 1. The van der Waals surface area contributed by atoms with Crippen LogP contribution in [0.4, 0.5) is 10.1 Å². The quantitative estimate of drug-likeness (QED) is 0.819. The van der Waals surface area contributed by atoms with Gasteiger partial charge in [0.2, 0.25) is 5.71 Å². The summed E-state index contributed by atoms with van der Waals surface area (Å²) in [7, 11) is 0. The van der Waals surface area contributed by atoms with Crippen LogP contribution in [0.3, 0.4) is 0 Å². The first kappa shape index (κ1) is 15.2. The third-order valence-electron chi connectivity index (χ3n) is 3.98. The molecule has 2 N–H and O–H groups in total. The van der Waals surface area contributed by atoms with Crippen molar-refractivity contribution in [1.29, 1.82) is 0 Å². The highest BCUT2D eigenvalue weighted by Crippen LogP contribution is 2.31. The first-order valence-electron chi connectivity index (χ1n) is 7.30. The monoisotopic (exact) mass is 326 g/mol. The Morgan fingerprint density at radius 1 is 1.41 bits per heavy atom. The summed E-state index contributed by atoms with van der Waals surface area (Å²) >= 11 is 6.31. The first-order valence-corrected chi connectivity index (χ1v) is 7.68. The molecule has 1 saturated heterocycles. The Morgan fingerprint density at radius 2 is 2.14 bits per heavy atom. The average Bonchev–Trinajstić information content (AvgIpc) is 2.47. The highest BCUT2D eigenvalue weighted by atomic mass is 35.5. The number of carbonyl (C=O) groups excluding carboxylic acids is 1. The van der Waals surface area contributed by atoms with Crippen LogP contribution >= 0.6 is 11.6 Å². The number of halogens is 2. The van der Waals surface area contributed by atoms with Crippen LogP contribution in [-0.2, 0) is 9.53 Å². The standard InChI is InChI=1S/C15H17ClFN3O2/c1-9-6-13(21)18-19-14(9)10-7-11(16)15(12(17)8-10)20-2-4-22-5-3-20/h7-9H,2-6H2,1H3,(H,18,21)/p+1/t9-/m1/s1. The lowest BCUT2D eigenvalue weighted by atomic mass is 9.94. The zero-order chi connectivity index (χ0) is 15.7. The van der Waals surface area contributed by atoms with Crippen molar-refractivity contribution in [3.63, 3.8) is 0 Å². The minimum atomic E-state index is -0.359. The van der Waals surface area contributed by atoms with Crippen molar-refractivity contribution in [3.8, 4) is 0 Å². The Morgan fingerprint density at radius 3 is 2.77 bits per heavy atom. The van der Waals surface area contributed by atoms with E-state index in [1.165, 1.54) is 6.07 Å². The molecular formula is C15H18ClFN3O2+. The summed E-state index contributed by atoms with van der Waals surface area (Å²) in [5.74, 6) is -0.450. The second-order valence-electron chi connectivity index (χ2n) is 5.58. The van der Waals surface area contributed by atoms with Crippen molar-refractivity contribution in [2.75, 3.05) is 31.2 Å². The molecule has 0 bridgehead atoms. The van der Waals surface area contributed by atoms with Gasteiger partial charge < -0.3 is 9.64 Å². The Kier molecular flexibility index (Phi) is 4.31. The summed E-state index contributed by atoms with van der Waals surface area (Å²) in [5, 5.41) is 3.22. The van der Waals surface area contributed by atoms with Crippen molar-refractivity contribution in [2.24, 2.45) is 5.92 Å². The van der Waals surface area contributed by atoms with Crippen LogP contribution in [0.25, 0.3) is 0 Å². The van der Waals surface area contributed by atoms with Gasteiger partial charge in [-0.2, -0.15) is 0 Å². The molecule has 0 aliphatic carbocycles. The fraction of sp³-hybridized carbons (Fsp3) is 0.467. The lowest BCUT2D eigenvalue weighted by Gasteiger charge is -2.30. The van der Waals surface area contributed by atoms with Crippen LogP contribution in [-0.4, -0.2) is 37.9 Å². The number of hydrogen-bond acceptors (Lipinski definition) is 3. The summed E-state index contributed by atoms with van der Waals surface area (Å²) < 4.78 is 19.8. The predicted octanol–water partition coefficient (Wildman–Crippen LogP) is 0.256. The Hall–Kier alpha value is -1.66. The van der Waals surface area contributed by atoms with Crippen molar-refractivity contribution < 1.29 is 19.0 Å². The summed E-state index contributed by atoms with van der Waals surface area (Å²) in [4.78, 5) is 13.2. The number of anilines is 1. The van der Waals surface area contributed by atoms with Gasteiger partial charge in [0.25, 0.3) is 5.91 Å². The zero-order valence-corrected chi connectivity index (χ0v) is 13.0. The lowest BCUT2D eigenvalue weighted by molar-refractivity contribution is -0.516. The van der Waals surface area contributed by atoms with Gasteiger partial charge in [0.05, 0.1) is 29.8 Å². The second-order valence-corrected chi connectivity index (χ2v) is 5.99. The third kappa shape index (κ3) is 2.94. The number of nitrogens with zero attached hydrogens (tertiary/aromatic N) is 1. The van der Waals surface area contributed by atoms with Crippen molar-refractivity contribution >= 4 is 28.9 Å². The molecule has 1 atom stereocenters. The molecule has 0 spiro atoms. The highest BCUT2D eigenvalue weighted by Gasteiger charge is 2.29. The maximum Gasteiger partial charge on any atom is 0.275 e. The highest BCUT2D eigenvalue weighted by molar-refractivity contribution is 6.33. The molecule has 0 saturated carbocycles. The van der Waals surface area contributed by atoms with E-state index in [2.05, 4.69) is 10.5 Å². The predicted molar refractivity (Wildman–Crippen MR) is 81.4 cm³/mol. The van der Waals surface area contributed by atoms with Gasteiger partial charge in [0.1, 0.15) is 5.82 Å². The maximum absolute atomic E-state index is 14.6. The van der Waals surface area contributed by atoms with Crippen LogP contribution < -0.4 is 15.4 Å². The Bertz CT molecular complexity index is 606. The number of hydrazine groups is 1. The van der Waals surface area contributed by atoms with Gasteiger partial charge in [-0.05, 0) is 12.1 Å². The summed E-state index contributed by atoms with van der Waals surface area (Å²) in [6.07, 6.45) is 0.368. The van der Waals surface area contributed by atoms with Crippen LogP contribution in [0.2, 0.25) is 5.02 Å². The molecule has 0 unspecified atom stereocenters. The van der Waals surface area contributed by atoms with E-state index in [9.17, 15) is 9.18 Å². The molecule has 7 heteroatoms. The fourth-order valence-electron chi connectivity index (χ4n) is 2.86. The molecule has 0 aromatic heterocycles. The van der Waals surface area contributed by atoms with Gasteiger partial charge in [-0.3, -0.25) is 4.79 Å². The largest absolute Gasteiger partial charge is 0.378 e. The number of hydrogen-bond donors (Lipinski definition) is 2. The number of amides is 1. The van der Waals surface area contributed by atoms with Gasteiger partial charge in [0.15, 0.2) is 0 Å². The Balaban J connectivity index is 1.94. The molecule has 1 fully saturated rings. The van der Waals surface area contributed by atoms with Crippen molar-refractivity contribution in [3.05, 3.63) is 28.5 Å². The molecule has 1 amide bonds. The molecule has 1 aromatic carbocycles. The van der Waals surface area contributed by atoms with Crippen molar-refractivity contribution in [1.82, 2.24) is 5.43 Å². The number of hydrazone groups is 1. The van der Waals surface area contributed by atoms with Crippen LogP contribution in [0.5, 0.6) is 0 Å². The molecule has 22 heavy (non-hydrogen) atoms. The van der Waals surface area contributed by atoms with Gasteiger partial charge in [0, 0.05) is 25.1 Å². The smallest absolute Gasteiger partial charge is 0.275 e. The molecule has 3 rings (SSSR count). The minimum absolute atomic E-state index is 0.0153. The summed E-state index contributed by atoms with van der Waals surface area (Å²) in [5.41, 5.74) is 4.41. The van der Waals surface area contributed by atoms with E-state index >= 15 is 0 Å². The van der Waals surface area contributed by atoms with Crippen molar-refractivity contribution in [2.45, 2.75) is 13.3 Å². The molecule has 5 nitrogen and oxygen atoms in total. The van der Waals surface area contributed by atoms with E-state index < -0.39 is 0 Å². The number of morpholine rings is 1. The van der Waals surface area contributed by atoms with Crippen LogP contribution in [0.15, 0.2) is 12.1 Å². The number of benzene rings is 1. The molecule has 2 aliphatic heterocycles. The average molecular weight is 327 g/mol. The van der Waals surface area contributed by atoms with Gasteiger partial charge in [-0.15, -0.1) is 10.5 Å². The molecule has 1 aromatic rings. The van der Waals surface area contributed by atoms with Crippen LogP contribution in [0.1, 0.15) is 18.9 Å². The van der Waals surface area contributed by atoms with E-state index in [-0.39, 0.29) is 17.6 Å². The Labute approximate surface area is 133 Å². The SMILES string of the molecule is C[C@@H]1CC(=O)N[NH+]=C1c1cc(F)c(N2CCOCC2)c(Cl)c1. The van der Waals surface area contributed by atoms with Gasteiger partial charge in [-0.25, -0.2) is 4.39 Å². The molecule has 2 aliphatic rings. The molecule has 0 radical (unpaired) electrons. The second kappa shape index (κ2) is 6.22. The number of nitrogens with one attached hydrogen (secondary N) is 2. The van der Waals surface area contributed by atoms with E-state index in [1.807, 2.05) is 11.8 Å². The van der Waals surface area contributed by atoms with E-state index in [0.29, 0.717) is 49.0 Å². The number of rotatable bonds is 2. The van der Waals surface area contributed by atoms with E-state index in [1.54, 1.807) is 6.07 Å². The fourth-order valence-corrected chi connectivity index (χ4v) is 3.19. The summed E-state index contributed by atoms with van der Waals surface area (Å²) in [6.45, 7) is 4.30. The van der Waals surface area contributed by atoms with Crippen LogP contribution in [0, 0.1) is 11.7 Å². The topological polar surface area (TPSA) is 55.5 Å². The van der Waals surface area contributed by atoms with E-state index in [0.717, 1.165) is 5.71 Å². The molecule has 118 valence electrons. The molecule has 2 heterocycles. The maximum atomic E-state index is 14.6. The summed E-state index contributed by atoms with van der Waals surface area (Å²) in [6, 6.07) is 3.21.